The highest BCUT2D eigenvalue weighted by Crippen LogP contribution is 2.30. The van der Waals surface area contributed by atoms with Crippen molar-refractivity contribution >= 4 is 17.0 Å². The van der Waals surface area contributed by atoms with E-state index in [4.69, 9.17) is 4.42 Å². The van der Waals surface area contributed by atoms with Crippen LogP contribution in [0.1, 0.15) is 56.8 Å². The van der Waals surface area contributed by atoms with Gasteiger partial charge in [0.1, 0.15) is 5.76 Å². The van der Waals surface area contributed by atoms with Gasteiger partial charge in [-0.05, 0) is 72.9 Å². The Morgan fingerprint density at radius 2 is 1.76 bits per heavy atom. The number of pyridine rings is 2. The third-order valence-corrected chi connectivity index (χ3v) is 6.84. The van der Waals surface area contributed by atoms with Crippen LogP contribution in [-0.2, 0) is 11.2 Å². The van der Waals surface area contributed by atoms with Crippen molar-refractivity contribution in [2.45, 2.75) is 39.2 Å². The number of nitrogens with zero attached hydrogens (tertiary/aromatic N) is 2. The van der Waals surface area contributed by atoms with Crippen LogP contribution in [0.3, 0.4) is 0 Å². The van der Waals surface area contributed by atoms with Crippen LogP contribution in [0.5, 0.6) is 0 Å². The highest BCUT2D eigenvalue weighted by molar-refractivity contribution is 5.82. The van der Waals surface area contributed by atoms with Gasteiger partial charge in [0.15, 0.2) is 0 Å². The van der Waals surface area contributed by atoms with Crippen LogP contribution in [0.25, 0.3) is 11.1 Å². The standard InChI is InChI=1S/C32H31N3O3/c1-20-9-10-27(21(2)13-20)31(24-7-5-4-6-8-24)35-30(37)16-23-15-26-17-29(38-32(26)34-18-23)28(19-36)25-11-12-33-22(3)14-25/h4-15,17-18,28,31,36H,16,19H2,1-3H3,(H,35,37). The maximum atomic E-state index is 13.3. The minimum Gasteiger partial charge on any atom is -0.442 e. The molecule has 0 aliphatic rings. The molecule has 2 atom stereocenters. The number of fused-ring (bicyclic) bond motifs is 1. The first-order chi connectivity index (χ1) is 18.4. The zero-order valence-corrected chi connectivity index (χ0v) is 21.8. The number of rotatable bonds is 8. The topological polar surface area (TPSA) is 88.2 Å². The third kappa shape index (κ3) is 5.50. The Morgan fingerprint density at radius 3 is 2.50 bits per heavy atom. The predicted octanol–water partition coefficient (Wildman–Crippen LogP) is 5.72. The molecule has 0 aliphatic carbocycles. The van der Waals surface area contributed by atoms with Crippen LogP contribution >= 0.6 is 0 Å². The number of amides is 1. The molecular formula is C32H31N3O3. The number of benzene rings is 2. The van der Waals surface area contributed by atoms with E-state index in [0.29, 0.717) is 11.5 Å². The second-order valence-electron chi connectivity index (χ2n) is 9.80. The number of aliphatic hydroxyl groups excluding tert-OH is 1. The Bertz CT molecular complexity index is 1580. The van der Waals surface area contributed by atoms with E-state index >= 15 is 0 Å². The number of aliphatic hydroxyl groups is 1. The lowest BCUT2D eigenvalue weighted by molar-refractivity contribution is -0.120. The van der Waals surface area contributed by atoms with E-state index in [9.17, 15) is 9.90 Å². The molecule has 0 bridgehead atoms. The molecule has 1 amide bonds. The highest BCUT2D eigenvalue weighted by atomic mass is 16.3. The summed E-state index contributed by atoms with van der Waals surface area (Å²) >= 11 is 0. The van der Waals surface area contributed by atoms with E-state index in [2.05, 4.69) is 47.3 Å². The van der Waals surface area contributed by atoms with Gasteiger partial charge in [0, 0.05) is 23.5 Å². The van der Waals surface area contributed by atoms with Crippen LogP contribution in [-0.4, -0.2) is 27.6 Å². The van der Waals surface area contributed by atoms with Crippen molar-refractivity contribution in [2.75, 3.05) is 6.61 Å². The average Bonchev–Trinajstić information content (AvgIpc) is 3.31. The fourth-order valence-electron chi connectivity index (χ4n) is 4.94. The summed E-state index contributed by atoms with van der Waals surface area (Å²) in [5, 5.41) is 14.1. The molecule has 38 heavy (non-hydrogen) atoms. The quantitative estimate of drug-likeness (QED) is 0.282. The lowest BCUT2D eigenvalue weighted by atomic mass is 9.93. The highest BCUT2D eigenvalue weighted by Gasteiger charge is 2.21. The first-order valence-corrected chi connectivity index (χ1v) is 12.7. The van der Waals surface area contributed by atoms with Gasteiger partial charge in [0.25, 0.3) is 0 Å². The number of carbonyl (C=O) groups is 1. The fourth-order valence-corrected chi connectivity index (χ4v) is 4.94. The average molecular weight is 506 g/mol. The molecule has 5 aromatic rings. The molecule has 2 aromatic carbocycles. The molecule has 0 aliphatic heterocycles. The lowest BCUT2D eigenvalue weighted by Gasteiger charge is -2.22. The number of hydrogen-bond donors (Lipinski definition) is 2. The minimum atomic E-state index is -0.318. The van der Waals surface area contributed by atoms with Crippen LogP contribution in [0.15, 0.2) is 89.6 Å². The van der Waals surface area contributed by atoms with Crippen molar-refractivity contribution in [2.24, 2.45) is 0 Å². The number of nitrogens with one attached hydrogen (secondary N) is 1. The molecule has 0 radical (unpaired) electrons. The van der Waals surface area contributed by atoms with Gasteiger partial charge in [-0.2, -0.15) is 0 Å². The van der Waals surface area contributed by atoms with Gasteiger partial charge >= 0.3 is 0 Å². The Hall–Kier alpha value is -4.29. The molecule has 6 heteroatoms. The van der Waals surface area contributed by atoms with E-state index in [0.717, 1.165) is 38.9 Å². The van der Waals surface area contributed by atoms with E-state index in [-0.39, 0.29) is 30.9 Å². The van der Waals surface area contributed by atoms with E-state index in [1.165, 1.54) is 5.56 Å². The molecule has 0 saturated carbocycles. The largest absolute Gasteiger partial charge is 0.442 e. The number of aromatic nitrogens is 2. The molecule has 3 aromatic heterocycles. The Kier molecular flexibility index (Phi) is 7.33. The number of carbonyl (C=O) groups excluding carboxylic acids is 1. The smallest absolute Gasteiger partial charge is 0.226 e. The van der Waals surface area contributed by atoms with Crippen molar-refractivity contribution in [3.05, 3.63) is 130 Å². The zero-order valence-electron chi connectivity index (χ0n) is 21.8. The molecule has 0 fully saturated rings. The van der Waals surface area contributed by atoms with Gasteiger partial charge in [0.2, 0.25) is 11.6 Å². The summed E-state index contributed by atoms with van der Waals surface area (Å²) in [7, 11) is 0. The Morgan fingerprint density at radius 1 is 0.947 bits per heavy atom. The van der Waals surface area contributed by atoms with Crippen molar-refractivity contribution in [1.82, 2.24) is 15.3 Å². The Labute approximate surface area is 222 Å². The lowest BCUT2D eigenvalue weighted by Crippen LogP contribution is -2.31. The SMILES string of the molecule is Cc1ccc(C(NC(=O)Cc2cnc3oc(C(CO)c4ccnc(C)c4)cc3c2)c2ccccc2)c(C)c1. The van der Waals surface area contributed by atoms with Gasteiger partial charge < -0.3 is 14.8 Å². The first-order valence-electron chi connectivity index (χ1n) is 12.7. The van der Waals surface area contributed by atoms with Crippen LogP contribution < -0.4 is 5.32 Å². The van der Waals surface area contributed by atoms with Crippen molar-refractivity contribution in [3.8, 4) is 0 Å². The fraction of sp³-hybridized carbons (Fsp3) is 0.219. The summed E-state index contributed by atoms with van der Waals surface area (Å²) in [6.45, 7) is 5.96. The molecule has 3 heterocycles. The number of aryl methyl sites for hydroxylation is 3. The first kappa shape index (κ1) is 25.4. The Balaban J connectivity index is 1.38. The van der Waals surface area contributed by atoms with Gasteiger partial charge in [-0.3, -0.25) is 9.78 Å². The molecule has 0 spiro atoms. The summed E-state index contributed by atoms with van der Waals surface area (Å²) < 4.78 is 5.99. The van der Waals surface area contributed by atoms with Crippen LogP contribution in [0, 0.1) is 20.8 Å². The molecular weight excluding hydrogens is 474 g/mol. The molecule has 0 saturated heterocycles. The molecule has 2 N–H and O–H groups in total. The van der Waals surface area contributed by atoms with Crippen molar-refractivity contribution in [1.29, 1.82) is 0 Å². The molecule has 5 rings (SSSR count). The minimum absolute atomic E-state index is 0.0933. The summed E-state index contributed by atoms with van der Waals surface area (Å²) in [6, 6.07) is 23.7. The van der Waals surface area contributed by atoms with E-state index in [1.807, 2.05) is 61.5 Å². The summed E-state index contributed by atoms with van der Waals surface area (Å²) in [5.41, 5.74) is 7.49. The van der Waals surface area contributed by atoms with Gasteiger partial charge in [-0.1, -0.05) is 54.1 Å². The van der Waals surface area contributed by atoms with Crippen LogP contribution in [0.2, 0.25) is 0 Å². The second kappa shape index (κ2) is 11.0. The zero-order chi connectivity index (χ0) is 26.6. The normalized spacial score (nSPS) is 12.8. The third-order valence-electron chi connectivity index (χ3n) is 6.84. The van der Waals surface area contributed by atoms with Crippen molar-refractivity contribution < 1.29 is 14.3 Å². The van der Waals surface area contributed by atoms with Crippen LogP contribution in [0.4, 0.5) is 0 Å². The predicted molar refractivity (Wildman–Crippen MR) is 148 cm³/mol. The summed E-state index contributed by atoms with van der Waals surface area (Å²) in [5.74, 6) is 0.215. The van der Waals surface area contributed by atoms with E-state index in [1.54, 1.807) is 12.4 Å². The molecule has 192 valence electrons. The van der Waals surface area contributed by atoms with Gasteiger partial charge in [-0.15, -0.1) is 0 Å². The maximum absolute atomic E-state index is 13.3. The maximum Gasteiger partial charge on any atom is 0.226 e. The number of furan rings is 1. The summed E-state index contributed by atoms with van der Waals surface area (Å²) in [6.07, 6.45) is 3.59. The van der Waals surface area contributed by atoms with Gasteiger partial charge in [0.05, 0.1) is 25.0 Å². The van der Waals surface area contributed by atoms with Crippen molar-refractivity contribution in [3.63, 3.8) is 0 Å². The summed E-state index contributed by atoms with van der Waals surface area (Å²) in [4.78, 5) is 22.0. The monoisotopic (exact) mass is 505 g/mol. The second-order valence-corrected chi connectivity index (χ2v) is 9.80. The van der Waals surface area contributed by atoms with Gasteiger partial charge in [-0.25, -0.2) is 4.98 Å². The molecule has 6 nitrogen and oxygen atoms in total. The molecule has 2 unspecified atom stereocenters. The van der Waals surface area contributed by atoms with E-state index < -0.39 is 0 Å². The number of hydrogen-bond acceptors (Lipinski definition) is 5.